The van der Waals surface area contributed by atoms with Gasteiger partial charge < -0.3 is 9.47 Å². The van der Waals surface area contributed by atoms with Gasteiger partial charge >= 0.3 is 0 Å². The summed E-state index contributed by atoms with van der Waals surface area (Å²) in [7, 11) is -3.22. The summed E-state index contributed by atoms with van der Waals surface area (Å²) in [6, 6.07) is 15.6. The van der Waals surface area contributed by atoms with E-state index in [-0.39, 0.29) is 11.6 Å². The molecule has 32 heavy (non-hydrogen) atoms. The molecule has 1 aliphatic rings. The molecule has 0 radical (unpaired) electrons. The van der Waals surface area contributed by atoms with Gasteiger partial charge in [0, 0.05) is 43.9 Å². The number of hydrogen-bond donors (Lipinski definition) is 1. The second-order valence-corrected chi connectivity index (χ2v) is 10.6. The molecular weight excluding hydrogens is 425 g/mol. The Kier molecular flexibility index (Phi) is 7.28. The molecule has 1 fully saturated rings. The summed E-state index contributed by atoms with van der Waals surface area (Å²) in [5, 5.41) is 1.18. The summed E-state index contributed by atoms with van der Waals surface area (Å²) in [5.41, 5.74) is 3.32. The van der Waals surface area contributed by atoms with Gasteiger partial charge in [-0.1, -0.05) is 31.2 Å². The van der Waals surface area contributed by atoms with Crippen molar-refractivity contribution >= 4 is 20.9 Å². The van der Waals surface area contributed by atoms with Crippen molar-refractivity contribution in [3.8, 4) is 0 Å². The largest absolute Gasteiger partial charge is 0.344 e. The van der Waals surface area contributed by atoms with E-state index in [1.165, 1.54) is 28.6 Å². The van der Waals surface area contributed by atoms with Crippen LogP contribution in [0.2, 0.25) is 0 Å². The zero-order chi connectivity index (χ0) is 22.6. The van der Waals surface area contributed by atoms with Crippen LogP contribution in [-0.4, -0.2) is 43.3 Å². The predicted molar refractivity (Wildman–Crippen MR) is 128 cm³/mol. The molecule has 172 valence electrons. The molecule has 3 aromatic rings. The number of fused-ring (bicyclic) bond motifs is 1. The third-order valence-corrected chi connectivity index (χ3v) is 7.87. The third kappa shape index (κ3) is 5.77. The molecule has 1 aliphatic heterocycles. The maximum absolute atomic E-state index is 13.1. The highest BCUT2D eigenvalue weighted by Gasteiger charge is 2.21. The number of benzene rings is 2. The quantitative estimate of drug-likeness (QED) is 0.515. The maximum atomic E-state index is 13.1. The number of hydrogen-bond acceptors (Lipinski definition) is 3. The average Bonchev–Trinajstić information content (AvgIpc) is 3.21. The van der Waals surface area contributed by atoms with E-state index in [4.69, 9.17) is 0 Å². The van der Waals surface area contributed by atoms with Gasteiger partial charge in [0.05, 0.1) is 5.75 Å². The summed E-state index contributed by atoms with van der Waals surface area (Å²) in [6.07, 6.45) is 5.88. The standard InChI is InChI=1S/C25H32FN3O2S/c1-2-17-32(30,31)27-19-21-3-6-22-10-16-29(25(22)18-21)24-11-14-28(15-12-24)13-9-20-4-7-23(26)8-5-20/h3-8,10,16,18,24,27H,2,9,11-15,17,19H2,1H3. The van der Waals surface area contributed by atoms with Crippen molar-refractivity contribution in [3.63, 3.8) is 0 Å². The van der Waals surface area contributed by atoms with Crippen molar-refractivity contribution in [3.05, 3.63) is 71.7 Å². The molecule has 0 amide bonds. The van der Waals surface area contributed by atoms with Gasteiger partial charge in [-0.25, -0.2) is 17.5 Å². The van der Waals surface area contributed by atoms with Crippen LogP contribution in [0, 0.1) is 5.82 Å². The minimum atomic E-state index is -3.22. The van der Waals surface area contributed by atoms with Gasteiger partial charge in [0.2, 0.25) is 10.0 Å². The molecule has 0 aliphatic carbocycles. The van der Waals surface area contributed by atoms with Crippen LogP contribution in [0.15, 0.2) is 54.7 Å². The lowest BCUT2D eigenvalue weighted by Crippen LogP contribution is -2.35. The molecule has 1 saturated heterocycles. The molecule has 0 unspecified atom stereocenters. The molecule has 4 rings (SSSR count). The van der Waals surface area contributed by atoms with Crippen LogP contribution in [0.4, 0.5) is 4.39 Å². The van der Waals surface area contributed by atoms with Crippen LogP contribution >= 0.6 is 0 Å². The molecule has 1 aromatic heterocycles. The van der Waals surface area contributed by atoms with E-state index in [9.17, 15) is 12.8 Å². The number of rotatable bonds is 9. The number of aromatic nitrogens is 1. The second-order valence-electron chi connectivity index (χ2n) is 8.71. The maximum Gasteiger partial charge on any atom is 0.211 e. The number of nitrogens with zero attached hydrogens (tertiary/aromatic N) is 2. The second kappa shape index (κ2) is 10.1. The molecule has 0 spiro atoms. The molecule has 5 nitrogen and oxygen atoms in total. The Bertz CT molecular complexity index is 1130. The monoisotopic (exact) mass is 457 g/mol. The molecule has 2 aromatic carbocycles. The molecule has 2 heterocycles. The van der Waals surface area contributed by atoms with Gasteiger partial charge in [-0.3, -0.25) is 0 Å². The highest BCUT2D eigenvalue weighted by Crippen LogP contribution is 2.28. The molecule has 1 N–H and O–H groups in total. The van der Waals surface area contributed by atoms with Gasteiger partial charge in [0.15, 0.2) is 0 Å². The highest BCUT2D eigenvalue weighted by molar-refractivity contribution is 7.89. The fraction of sp³-hybridized carbons (Fsp3) is 0.440. The van der Waals surface area contributed by atoms with Crippen molar-refractivity contribution in [2.24, 2.45) is 0 Å². The van der Waals surface area contributed by atoms with Gasteiger partial charge in [-0.15, -0.1) is 0 Å². The summed E-state index contributed by atoms with van der Waals surface area (Å²) in [5.74, 6) is -0.0271. The van der Waals surface area contributed by atoms with E-state index < -0.39 is 10.0 Å². The van der Waals surface area contributed by atoms with Crippen LogP contribution < -0.4 is 4.72 Å². The number of piperidine rings is 1. The van der Waals surface area contributed by atoms with Gasteiger partial charge in [-0.2, -0.15) is 0 Å². The van der Waals surface area contributed by atoms with E-state index in [0.29, 0.717) is 19.0 Å². The lowest BCUT2D eigenvalue weighted by Gasteiger charge is -2.33. The van der Waals surface area contributed by atoms with E-state index in [2.05, 4.69) is 38.6 Å². The molecule has 0 atom stereocenters. The Morgan fingerprint density at radius 1 is 1.03 bits per heavy atom. The van der Waals surface area contributed by atoms with Crippen molar-refractivity contribution in [2.45, 2.75) is 45.2 Å². The summed E-state index contributed by atoms with van der Waals surface area (Å²) in [6.45, 7) is 5.27. The number of sulfonamides is 1. The van der Waals surface area contributed by atoms with Crippen molar-refractivity contribution < 1.29 is 12.8 Å². The Labute approximate surface area is 190 Å². The third-order valence-electron chi connectivity index (χ3n) is 6.34. The minimum absolute atomic E-state index is 0.158. The zero-order valence-corrected chi connectivity index (χ0v) is 19.5. The van der Waals surface area contributed by atoms with Crippen molar-refractivity contribution in [1.29, 1.82) is 0 Å². The van der Waals surface area contributed by atoms with E-state index in [0.717, 1.165) is 44.5 Å². The summed E-state index contributed by atoms with van der Waals surface area (Å²) in [4.78, 5) is 2.49. The number of nitrogens with one attached hydrogen (secondary N) is 1. The Hall–Kier alpha value is -2.22. The van der Waals surface area contributed by atoms with Crippen LogP contribution in [0.25, 0.3) is 10.9 Å². The summed E-state index contributed by atoms with van der Waals surface area (Å²) >= 11 is 0. The fourth-order valence-electron chi connectivity index (χ4n) is 4.52. The van der Waals surface area contributed by atoms with Crippen molar-refractivity contribution in [1.82, 2.24) is 14.2 Å². The first-order chi connectivity index (χ1) is 15.4. The van der Waals surface area contributed by atoms with Crippen LogP contribution in [0.5, 0.6) is 0 Å². The molecule has 7 heteroatoms. The van der Waals surface area contributed by atoms with Crippen LogP contribution in [-0.2, 0) is 23.0 Å². The first-order valence-corrected chi connectivity index (χ1v) is 13.1. The topological polar surface area (TPSA) is 54.3 Å². The average molecular weight is 458 g/mol. The van der Waals surface area contributed by atoms with E-state index in [1.54, 1.807) is 0 Å². The molecule has 0 bridgehead atoms. The summed E-state index contributed by atoms with van der Waals surface area (Å²) < 4.78 is 42.1. The van der Waals surface area contributed by atoms with E-state index in [1.807, 2.05) is 25.1 Å². The van der Waals surface area contributed by atoms with Crippen LogP contribution in [0.1, 0.15) is 43.4 Å². The molecular formula is C25H32FN3O2S. The molecule has 0 saturated carbocycles. The van der Waals surface area contributed by atoms with E-state index >= 15 is 0 Å². The normalized spacial score (nSPS) is 16.1. The highest BCUT2D eigenvalue weighted by atomic mass is 32.2. The van der Waals surface area contributed by atoms with Gasteiger partial charge in [-0.05, 0) is 66.5 Å². The smallest absolute Gasteiger partial charge is 0.211 e. The minimum Gasteiger partial charge on any atom is -0.344 e. The SMILES string of the molecule is CCCS(=O)(=O)NCc1ccc2ccn(C3CCN(CCc4ccc(F)cc4)CC3)c2c1. The number of halogens is 1. The first kappa shape index (κ1) is 23.0. The fourth-order valence-corrected chi connectivity index (χ4v) is 5.59. The predicted octanol–water partition coefficient (Wildman–Crippen LogP) is 4.49. The zero-order valence-electron chi connectivity index (χ0n) is 18.6. The van der Waals surface area contributed by atoms with Gasteiger partial charge in [0.25, 0.3) is 0 Å². The lowest BCUT2D eigenvalue weighted by atomic mass is 10.0. The Balaban J connectivity index is 1.36. The number of likely N-dealkylation sites (tertiary alicyclic amines) is 1. The Morgan fingerprint density at radius 3 is 2.47 bits per heavy atom. The lowest BCUT2D eigenvalue weighted by molar-refractivity contribution is 0.190. The first-order valence-electron chi connectivity index (χ1n) is 11.5. The van der Waals surface area contributed by atoms with Gasteiger partial charge in [0.1, 0.15) is 5.82 Å². The van der Waals surface area contributed by atoms with Crippen LogP contribution in [0.3, 0.4) is 0 Å². The Morgan fingerprint density at radius 2 is 1.75 bits per heavy atom. The van der Waals surface area contributed by atoms with Crippen molar-refractivity contribution in [2.75, 3.05) is 25.4 Å².